The third-order valence-corrected chi connectivity index (χ3v) is 12.3. The van der Waals surface area contributed by atoms with E-state index in [2.05, 4.69) is 207 Å². The zero-order chi connectivity index (χ0) is 35.3. The summed E-state index contributed by atoms with van der Waals surface area (Å²) in [6.07, 6.45) is 0. The van der Waals surface area contributed by atoms with Crippen molar-refractivity contribution in [1.82, 2.24) is 0 Å². The average molecular weight is 694 g/mol. The van der Waals surface area contributed by atoms with Gasteiger partial charge in [0.1, 0.15) is 0 Å². The van der Waals surface area contributed by atoms with E-state index in [0.29, 0.717) is 0 Å². The van der Waals surface area contributed by atoms with E-state index in [1.54, 1.807) is 0 Å². The first-order valence-electron chi connectivity index (χ1n) is 18.7. The Hall–Kier alpha value is -6.44. The van der Waals surface area contributed by atoms with Gasteiger partial charge in [0.15, 0.2) is 0 Å². The van der Waals surface area contributed by atoms with Crippen LogP contribution in [0, 0.1) is 0 Å². The Bertz CT molecular complexity index is 2730. The standard InChI is InChI=1S/C52H37N.CH4.H2/c1-51(2)43-25-11-6-19-36(43)39-32-31-35(33-48(39)51)53(34-17-4-3-5-18-34)49-30-15-10-22-40(49)41-24-16-29-47-50(41)42-23-9-14-28-46(42)52(47)44-26-12-7-20-37(44)38-21-8-13-27-45(38)52;;/h3-33H,1-2H3;1H4;1H. The number of hydrogen-bond donors (Lipinski definition) is 0. The van der Waals surface area contributed by atoms with Gasteiger partial charge in [0, 0.05) is 23.8 Å². The van der Waals surface area contributed by atoms with Crippen molar-refractivity contribution < 1.29 is 1.43 Å². The van der Waals surface area contributed by atoms with Crippen LogP contribution in [0.15, 0.2) is 188 Å². The molecular formula is C53H43N. The van der Waals surface area contributed by atoms with Crippen molar-refractivity contribution in [2.24, 2.45) is 0 Å². The minimum atomic E-state index is -0.385. The van der Waals surface area contributed by atoms with Gasteiger partial charge in [0.25, 0.3) is 0 Å². The molecule has 1 spiro atoms. The zero-order valence-electron chi connectivity index (χ0n) is 29.8. The van der Waals surface area contributed by atoms with Gasteiger partial charge in [-0.3, -0.25) is 0 Å². The molecule has 0 saturated carbocycles. The highest BCUT2D eigenvalue weighted by atomic mass is 15.1. The van der Waals surface area contributed by atoms with Gasteiger partial charge >= 0.3 is 0 Å². The lowest BCUT2D eigenvalue weighted by atomic mass is 9.70. The number of rotatable bonds is 4. The van der Waals surface area contributed by atoms with Gasteiger partial charge in [-0.2, -0.15) is 0 Å². The van der Waals surface area contributed by atoms with Crippen LogP contribution in [0.1, 0.15) is 56.1 Å². The average Bonchev–Trinajstić information content (AvgIpc) is 3.78. The summed E-state index contributed by atoms with van der Waals surface area (Å²) >= 11 is 0. The molecule has 0 fully saturated rings. The predicted octanol–water partition coefficient (Wildman–Crippen LogP) is 14.4. The largest absolute Gasteiger partial charge is 0.310 e. The molecule has 0 atom stereocenters. The second-order valence-corrected chi connectivity index (χ2v) is 15.2. The van der Waals surface area contributed by atoms with Crippen molar-refractivity contribution in [1.29, 1.82) is 0 Å². The quantitative estimate of drug-likeness (QED) is 0.177. The van der Waals surface area contributed by atoms with Crippen molar-refractivity contribution in [2.45, 2.75) is 32.1 Å². The van der Waals surface area contributed by atoms with E-state index in [-0.39, 0.29) is 19.7 Å². The number of anilines is 3. The second-order valence-electron chi connectivity index (χ2n) is 15.2. The van der Waals surface area contributed by atoms with Gasteiger partial charge in [-0.1, -0.05) is 179 Å². The molecule has 0 radical (unpaired) electrons. The number of hydrogen-bond acceptors (Lipinski definition) is 1. The van der Waals surface area contributed by atoms with Crippen LogP contribution in [-0.2, 0) is 10.8 Å². The summed E-state index contributed by atoms with van der Waals surface area (Å²) in [7, 11) is 0. The number of fused-ring (bicyclic) bond motifs is 13. The molecule has 8 aromatic carbocycles. The van der Waals surface area contributed by atoms with E-state index in [1.165, 1.54) is 77.9 Å². The van der Waals surface area contributed by atoms with Crippen molar-refractivity contribution in [3.05, 3.63) is 221 Å². The first kappa shape index (κ1) is 32.2. The van der Waals surface area contributed by atoms with Crippen molar-refractivity contribution in [3.63, 3.8) is 0 Å². The van der Waals surface area contributed by atoms with E-state index >= 15 is 0 Å². The highest BCUT2D eigenvalue weighted by Crippen LogP contribution is 2.64. The third-order valence-electron chi connectivity index (χ3n) is 12.3. The monoisotopic (exact) mass is 693 g/mol. The molecular weight excluding hydrogens is 651 g/mol. The fourth-order valence-corrected chi connectivity index (χ4v) is 10.1. The summed E-state index contributed by atoms with van der Waals surface area (Å²) in [5.74, 6) is 0. The van der Waals surface area contributed by atoms with Crippen LogP contribution in [0.4, 0.5) is 17.1 Å². The summed E-state index contributed by atoms with van der Waals surface area (Å²) in [5, 5.41) is 0. The lowest BCUT2D eigenvalue weighted by Gasteiger charge is -2.31. The number of benzene rings is 8. The Morgan fingerprint density at radius 3 is 1.48 bits per heavy atom. The highest BCUT2D eigenvalue weighted by Gasteiger charge is 2.52. The highest BCUT2D eigenvalue weighted by molar-refractivity contribution is 6.02. The Kier molecular flexibility index (Phi) is 7.03. The maximum absolute atomic E-state index is 2.46. The molecule has 1 heteroatoms. The number of nitrogens with zero attached hydrogens (tertiary/aromatic N) is 1. The fourth-order valence-electron chi connectivity index (χ4n) is 10.1. The molecule has 3 aliphatic carbocycles. The van der Waals surface area contributed by atoms with E-state index in [1.807, 2.05) is 0 Å². The Labute approximate surface area is 320 Å². The molecule has 0 amide bonds. The smallest absolute Gasteiger partial charge is 0.0725 e. The van der Waals surface area contributed by atoms with Gasteiger partial charge in [-0.05, 0) is 103 Å². The molecule has 260 valence electrons. The molecule has 0 aromatic heterocycles. The third kappa shape index (κ3) is 4.15. The number of para-hydroxylation sites is 2. The summed E-state index contributed by atoms with van der Waals surface area (Å²) < 4.78 is 0. The van der Waals surface area contributed by atoms with Crippen LogP contribution < -0.4 is 4.90 Å². The molecule has 8 aromatic rings. The maximum Gasteiger partial charge on any atom is 0.0725 e. The lowest BCUT2D eigenvalue weighted by Crippen LogP contribution is -2.25. The molecule has 0 N–H and O–H groups in total. The van der Waals surface area contributed by atoms with Gasteiger partial charge < -0.3 is 4.90 Å². The van der Waals surface area contributed by atoms with E-state index in [9.17, 15) is 0 Å². The van der Waals surface area contributed by atoms with Crippen LogP contribution in [0.2, 0.25) is 0 Å². The molecule has 0 unspecified atom stereocenters. The maximum atomic E-state index is 2.46. The predicted molar refractivity (Wildman–Crippen MR) is 229 cm³/mol. The van der Waals surface area contributed by atoms with Crippen LogP contribution >= 0.6 is 0 Å². The zero-order valence-corrected chi connectivity index (χ0v) is 29.8. The minimum Gasteiger partial charge on any atom is -0.310 e. The Morgan fingerprint density at radius 1 is 0.352 bits per heavy atom. The molecule has 54 heavy (non-hydrogen) atoms. The Balaban J connectivity index is 0.00000198. The molecule has 0 saturated heterocycles. The van der Waals surface area contributed by atoms with Crippen molar-refractivity contribution in [3.8, 4) is 44.5 Å². The molecule has 0 bridgehead atoms. The lowest BCUT2D eigenvalue weighted by molar-refractivity contribution is 0.660. The van der Waals surface area contributed by atoms with Crippen molar-refractivity contribution >= 4 is 17.1 Å². The van der Waals surface area contributed by atoms with Crippen LogP contribution in [0.3, 0.4) is 0 Å². The summed E-state index contributed by atoms with van der Waals surface area (Å²) in [6, 6.07) is 70.1. The fraction of sp³-hybridized carbons (Fsp3) is 0.0943. The van der Waals surface area contributed by atoms with Gasteiger partial charge in [0.05, 0.1) is 11.1 Å². The van der Waals surface area contributed by atoms with E-state index in [0.717, 1.165) is 17.1 Å². The van der Waals surface area contributed by atoms with Crippen LogP contribution in [0.25, 0.3) is 44.5 Å². The summed E-state index contributed by atoms with van der Waals surface area (Å²) in [6.45, 7) is 4.73. The van der Waals surface area contributed by atoms with E-state index in [4.69, 9.17) is 0 Å². The van der Waals surface area contributed by atoms with Gasteiger partial charge in [-0.25, -0.2) is 0 Å². The molecule has 3 aliphatic rings. The summed E-state index contributed by atoms with van der Waals surface area (Å²) in [4.78, 5) is 2.46. The second kappa shape index (κ2) is 11.8. The first-order valence-corrected chi connectivity index (χ1v) is 18.7. The molecule has 0 aliphatic heterocycles. The van der Waals surface area contributed by atoms with Crippen LogP contribution in [-0.4, -0.2) is 0 Å². The molecule has 1 nitrogen and oxygen atoms in total. The van der Waals surface area contributed by atoms with Gasteiger partial charge in [0.2, 0.25) is 0 Å². The molecule has 0 heterocycles. The topological polar surface area (TPSA) is 3.24 Å². The Morgan fingerprint density at radius 2 is 0.815 bits per heavy atom. The van der Waals surface area contributed by atoms with Crippen LogP contribution in [0.5, 0.6) is 0 Å². The normalized spacial score (nSPS) is 14.3. The minimum absolute atomic E-state index is 0. The first-order chi connectivity index (χ1) is 26.1. The molecule has 11 rings (SSSR count). The SMILES string of the molecule is C.CC1(C)c2ccccc2-c2ccc(N(c3ccccc3)c3ccccc3-c3cccc4c3-c3ccccc3C43c4ccccc4-c4ccccc43)cc21.[HH]. The van der Waals surface area contributed by atoms with E-state index < -0.39 is 0 Å². The van der Waals surface area contributed by atoms with Gasteiger partial charge in [-0.15, -0.1) is 0 Å². The van der Waals surface area contributed by atoms with Crippen molar-refractivity contribution in [2.75, 3.05) is 4.90 Å². The summed E-state index contributed by atoms with van der Waals surface area (Å²) in [5.41, 5.74) is 21.6.